The summed E-state index contributed by atoms with van der Waals surface area (Å²) < 4.78 is 30.5. The second-order valence-electron chi connectivity index (χ2n) is 7.66. The fourth-order valence-electron chi connectivity index (χ4n) is 3.31. The topological polar surface area (TPSA) is 98.9 Å². The maximum atomic E-state index is 13.1. The molecule has 1 amide bonds. The van der Waals surface area contributed by atoms with Crippen molar-refractivity contribution >= 4 is 15.9 Å². The average Bonchev–Trinajstić information content (AvgIpc) is 3.37. The third-order valence-electron chi connectivity index (χ3n) is 5.19. The van der Waals surface area contributed by atoms with Crippen LogP contribution in [0.25, 0.3) is 11.3 Å². The molecule has 32 heavy (non-hydrogen) atoms. The fourth-order valence-corrected chi connectivity index (χ4v) is 4.26. The lowest BCUT2D eigenvalue weighted by atomic mass is 10.0. The first-order valence-electron chi connectivity index (χ1n) is 9.98. The summed E-state index contributed by atoms with van der Waals surface area (Å²) in [5, 5.41) is 8.49. The Morgan fingerprint density at radius 3 is 2.44 bits per heavy atom. The Kier molecular flexibility index (Phi) is 5.67. The number of aromatic nitrogens is 4. The van der Waals surface area contributed by atoms with Gasteiger partial charge < -0.3 is 0 Å². The second-order valence-corrected chi connectivity index (χ2v) is 9.34. The SMILES string of the molecule is Cc1ccc(-c2nn(Cc3ccccc3)cc2C(=O)NS(=O)(=O)c2cnn(C)c2)cc1C. The van der Waals surface area contributed by atoms with Crippen LogP contribution in [0.15, 0.2) is 72.0 Å². The lowest BCUT2D eigenvalue weighted by Gasteiger charge is -2.07. The molecule has 4 rings (SSSR count). The molecule has 0 aliphatic rings. The van der Waals surface area contributed by atoms with Gasteiger partial charge in [0.2, 0.25) is 0 Å². The minimum absolute atomic E-state index is 0.0854. The molecule has 0 unspecified atom stereocenters. The van der Waals surface area contributed by atoms with E-state index in [1.54, 1.807) is 17.9 Å². The van der Waals surface area contributed by atoms with E-state index in [4.69, 9.17) is 0 Å². The molecule has 0 bridgehead atoms. The third-order valence-corrected chi connectivity index (χ3v) is 6.48. The van der Waals surface area contributed by atoms with Crippen molar-refractivity contribution in [1.82, 2.24) is 24.3 Å². The first-order valence-corrected chi connectivity index (χ1v) is 11.5. The maximum Gasteiger partial charge on any atom is 0.268 e. The minimum atomic E-state index is -4.07. The summed E-state index contributed by atoms with van der Waals surface area (Å²) in [5.41, 5.74) is 4.51. The molecule has 0 spiro atoms. The van der Waals surface area contributed by atoms with Crippen LogP contribution in [0.5, 0.6) is 0 Å². The Morgan fingerprint density at radius 2 is 1.78 bits per heavy atom. The highest BCUT2D eigenvalue weighted by molar-refractivity contribution is 7.90. The lowest BCUT2D eigenvalue weighted by molar-refractivity contribution is 0.0982. The highest BCUT2D eigenvalue weighted by Gasteiger charge is 2.25. The number of benzene rings is 2. The molecule has 4 aromatic rings. The number of hydrogen-bond acceptors (Lipinski definition) is 5. The zero-order valence-corrected chi connectivity index (χ0v) is 18.8. The van der Waals surface area contributed by atoms with E-state index in [0.717, 1.165) is 22.3 Å². The van der Waals surface area contributed by atoms with Crippen LogP contribution < -0.4 is 4.72 Å². The van der Waals surface area contributed by atoms with Crippen LogP contribution in [0.1, 0.15) is 27.0 Å². The number of aryl methyl sites for hydroxylation is 3. The van der Waals surface area contributed by atoms with Crippen LogP contribution in [0.3, 0.4) is 0 Å². The van der Waals surface area contributed by atoms with Gasteiger partial charge in [-0.1, -0.05) is 42.5 Å². The number of amides is 1. The van der Waals surface area contributed by atoms with Gasteiger partial charge in [0, 0.05) is 25.0 Å². The molecule has 0 radical (unpaired) electrons. The van der Waals surface area contributed by atoms with Crippen LogP contribution in [0, 0.1) is 13.8 Å². The number of hydrogen-bond donors (Lipinski definition) is 1. The molecule has 164 valence electrons. The van der Waals surface area contributed by atoms with Crippen molar-refractivity contribution in [2.45, 2.75) is 25.3 Å². The molecule has 2 aromatic carbocycles. The predicted octanol–water partition coefficient (Wildman–Crippen LogP) is 3.07. The number of nitrogens with zero attached hydrogens (tertiary/aromatic N) is 4. The number of rotatable bonds is 6. The third kappa shape index (κ3) is 4.47. The number of carbonyl (C=O) groups excluding carboxylic acids is 1. The van der Waals surface area contributed by atoms with Gasteiger partial charge in [0.15, 0.2) is 0 Å². The molecule has 1 N–H and O–H groups in total. The highest BCUT2D eigenvalue weighted by Crippen LogP contribution is 2.25. The maximum absolute atomic E-state index is 13.1. The van der Waals surface area contributed by atoms with Crippen molar-refractivity contribution in [3.8, 4) is 11.3 Å². The summed E-state index contributed by atoms with van der Waals surface area (Å²) in [6, 6.07) is 15.5. The summed E-state index contributed by atoms with van der Waals surface area (Å²) in [6.45, 7) is 4.43. The van der Waals surface area contributed by atoms with Gasteiger partial charge in [0.05, 0.1) is 18.3 Å². The predicted molar refractivity (Wildman–Crippen MR) is 121 cm³/mol. The average molecular weight is 450 g/mol. The molecule has 0 aliphatic heterocycles. The van der Waals surface area contributed by atoms with E-state index >= 15 is 0 Å². The Morgan fingerprint density at radius 1 is 1.03 bits per heavy atom. The van der Waals surface area contributed by atoms with E-state index in [1.807, 2.05) is 62.4 Å². The van der Waals surface area contributed by atoms with E-state index in [0.29, 0.717) is 12.2 Å². The van der Waals surface area contributed by atoms with Crippen molar-refractivity contribution in [3.63, 3.8) is 0 Å². The van der Waals surface area contributed by atoms with Crippen molar-refractivity contribution in [1.29, 1.82) is 0 Å². The number of nitrogens with one attached hydrogen (secondary N) is 1. The van der Waals surface area contributed by atoms with Gasteiger partial charge >= 0.3 is 0 Å². The monoisotopic (exact) mass is 449 g/mol. The van der Waals surface area contributed by atoms with Crippen LogP contribution in [0.2, 0.25) is 0 Å². The zero-order valence-electron chi connectivity index (χ0n) is 18.0. The molecule has 0 fully saturated rings. The summed E-state index contributed by atoms with van der Waals surface area (Å²) >= 11 is 0. The van der Waals surface area contributed by atoms with Gasteiger partial charge in [0.25, 0.3) is 15.9 Å². The highest BCUT2D eigenvalue weighted by atomic mass is 32.2. The van der Waals surface area contributed by atoms with E-state index in [-0.39, 0.29) is 10.5 Å². The van der Waals surface area contributed by atoms with Gasteiger partial charge in [-0.25, -0.2) is 13.1 Å². The summed E-state index contributed by atoms with van der Waals surface area (Å²) in [6.07, 6.45) is 4.10. The van der Waals surface area contributed by atoms with E-state index in [9.17, 15) is 13.2 Å². The molecule has 0 saturated carbocycles. The molecule has 0 saturated heterocycles. The molecule has 0 atom stereocenters. The Balaban J connectivity index is 1.73. The van der Waals surface area contributed by atoms with Gasteiger partial charge in [-0.2, -0.15) is 10.2 Å². The molecule has 2 aromatic heterocycles. The number of carbonyl (C=O) groups is 1. The summed E-state index contributed by atoms with van der Waals surface area (Å²) in [4.78, 5) is 13.0. The summed E-state index contributed by atoms with van der Waals surface area (Å²) in [7, 11) is -2.47. The standard InChI is InChI=1S/C23H23N5O3S/c1-16-9-10-19(11-17(16)2)22-21(15-28(25-22)13-18-7-5-4-6-8-18)23(29)26-32(30,31)20-12-24-27(3)14-20/h4-12,14-15H,13H2,1-3H3,(H,26,29). The van der Waals surface area contributed by atoms with Gasteiger partial charge in [-0.05, 0) is 36.6 Å². The van der Waals surface area contributed by atoms with Crippen molar-refractivity contribution in [2.75, 3.05) is 0 Å². The normalized spacial score (nSPS) is 11.5. The minimum Gasteiger partial charge on any atom is -0.274 e. The van der Waals surface area contributed by atoms with Crippen molar-refractivity contribution in [2.24, 2.45) is 7.05 Å². The largest absolute Gasteiger partial charge is 0.274 e. The Labute approximate surface area is 186 Å². The zero-order chi connectivity index (χ0) is 22.9. The number of sulfonamides is 1. The molecular weight excluding hydrogens is 426 g/mol. The molecule has 9 heteroatoms. The smallest absolute Gasteiger partial charge is 0.268 e. The first-order chi connectivity index (χ1) is 15.2. The quantitative estimate of drug-likeness (QED) is 0.488. The van der Waals surface area contributed by atoms with Crippen LogP contribution in [-0.4, -0.2) is 33.9 Å². The van der Waals surface area contributed by atoms with E-state index in [2.05, 4.69) is 14.9 Å². The van der Waals surface area contributed by atoms with Crippen LogP contribution >= 0.6 is 0 Å². The van der Waals surface area contributed by atoms with Gasteiger partial charge in [0.1, 0.15) is 10.6 Å². The fraction of sp³-hybridized carbons (Fsp3) is 0.174. The summed E-state index contributed by atoms with van der Waals surface area (Å²) in [5.74, 6) is -0.749. The van der Waals surface area contributed by atoms with Crippen molar-refractivity contribution in [3.05, 3.63) is 89.4 Å². The van der Waals surface area contributed by atoms with Gasteiger partial charge in [-0.3, -0.25) is 14.2 Å². The second kappa shape index (κ2) is 8.43. The Hall–Kier alpha value is -3.72. The lowest BCUT2D eigenvalue weighted by Crippen LogP contribution is -2.30. The van der Waals surface area contributed by atoms with E-state index in [1.165, 1.54) is 17.1 Å². The van der Waals surface area contributed by atoms with Gasteiger partial charge in [-0.15, -0.1) is 0 Å². The first kappa shape index (κ1) is 21.5. The Bertz CT molecular complexity index is 1390. The molecule has 0 aliphatic carbocycles. The van der Waals surface area contributed by atoms with Crippen molar-refractivity contribution < 1.29 is 13.2 Å². The molecule has 8 nitrogen and oxygen atoms in total. The molecule has 2 heterocycles. The van der Waals surface area contributed by atoms with Crippen LogP contribution in [-0.2, 0) is 23.6 Å². The van der Waals surface area contributed by atoms with E-state index < -0.39 is 15.9 Å². The van der Waals surface area contributed by atoms with Crippen LogP contribution in [0.4, 0.5) is 0 Å². The molecular formula is C23H23N5O3S.